The standard InChI is InChI=1S/C21H23NO2/c23-21(17-11-18-9-10-19(12-17)22-18)16-7-4-8-20(13-16)24-14-15-5-2-1-3-6-15/h1-8,13,17-19,22H,9-12,14H2. The van der Waals surface area contributed by atoms with E-state index in [0.29, 0.717) is 18.7 Å². The molecule has 24 heavy (non-hydrogen) atoms. The second kappa shape index (κ2) is 6.78. The number of nitrogens with one attached hydrogen (secondary N) is 1. The quantitative estimate of drug-likeness (QED) is 0.847. The first-order valence-corrected chi connectivity index (χ1v) is 8.85. The van der Waals surface area contributed by atoms with Crippen molar-refractivity contribution in [2.24, 2.45) is 5.92 Å². The summed E-state index contributed by atoms with van der Waals surface area (Å²) < 4.78 is 5.86. The Bertz CT molecular complexity index is 701. The molecule has 2 aliphatic heterocycles. The summed E-state index contributed by atoms with van der Waals surface area (Å²) in [6, 6.07) is 18.8. The van der Waals surface area contributed by atoms with Crippen molar-refractivity contribution in [1.29, 1.82) is 0 Å². The molecule has 2 bridgehead atoms. The maximum atomic E-state index is 12.9. The molecule has 2 saturated heterocycles. The van der Waals surface area contributed by atoms with Gasteiger partial charge in [0.2, 0.25) is 0 Å². The maximum absolute atomic E-state index is 12.9. The molecule has 3 nitrogen and oxygen atoms in total. The van der Waals surface area contributed by atoms with Crippen LogP contribution in [0.2, 0.25) is 0 Å². The van der Waals surface area contributed by atoms with Gasteiger partial charge in [0.25, 0.3) is 0 Å². The summed E-state index contributed by atoms with van der Waals surface area (Å²) in [6.45, 7) is 0.524. The van der Waals surface area contributed by atoms with Gasteiger partial charge < -0.3 is 10.1 Å². The average Bonchev–Trinajstić information content (AvgIpc) is 2.98. The lowest BCUT2D eigenvalue weighted by Crippen LogP contribution is -2.40. The predicted molar refractivity (Wildman–Crippen MR) is 94.2 cm³/mol. The number of Topliss-reactive ketones (excluding diaryl/α,β-unsaturated/α-hetero) is 1. The molecule has 0 radical (unpaired) electrons. The van der Waals surface area contributed by atoms with E-state index in [0.717, 1.165) is 29.7 Å². The van der Waals surface area contributed by atoms with Crippen LogP contribution in [0.4, 0.5) is 0 Å². The fraction of sp³-hybridized carbons (Fsp3) is 0.381. The number of hydrogen-bond donors (Lipinski definition) is 1. The molecule has 0 amide bonds. The molecule has 2 aliphatic rings. The minimum absolute atomic E-state index is 0.160. The highest BCUT2D eigenvalue weighted by molar-refractivity contribution is 5.98. The number of carbonyl (C=O) groups excluding carboxylic acids is 1. The van der Waals surface area contributed by atoms with Crippen molar-refractivity contribution >= 4 is 5.78 Å². The molecule has 4 rings (SSSR count). The third kappa shape index (κ3) is 3.36. The minimum atomic E-state index is 0.160. The van der Waals surface area contributed by atoms with E-state index in [-0.39, 0.29) is 11.7 Å². The monoisotopic (exact) mass is 321 g/mol. The lowest BCUT2D eigenvalue weighted by atomic mass is 9.86. The lowest BCUT2D eigenvalue weighted by Gasteiger charge is -2.28. The number of fused-ring (bicyclic) bond motifs is 2. The molecule has 2 aromatic rings. The molecule has 0 spiro atoms. The third-order valence-corrected chi connectivity index (χ3v) is 5.21. The van der Waals surface area contributed by atoms with Crippen molar-refractivity contribution in [3.63, 3.8) is 0 Å². The third-order valence-electron chi connectivity index (χ3n) is 5.21. The molecule has 124 valence electrons. The molecule has 1 N–H and O–H groups in total. The Morgan fingerprint density at radius 1 is 1.00 bits per heavy atom. The van der Waals surface area contributed by atoms with Crippen molar-refractivity contribution in [1.82, 2.24) is 5.32 Å². The highest BCUT2D eigenvalue weighted by Gasteiger charge is 2.36. The van der Waals surface area contributed by atoms with Crippen LogP contribution in [0, 0.1) is 5.92 Å². The van der Waals surface area contributed by atoms with Crippen LogP contribution in [0.3, 0.4) is 0 Å². The number of ether oxygens (including phenoxy) is 1. The van der Waals surface area contributed by atoms with Crippen molar-refractivity contribution in [3.8, 4) is 5.75 Å². The smallest absolute Gasteiger partial charge is 0.166 e. The molecule has 3 heteroatoms. The zero-order chi connectivity index (χ0) is 16.4. The normalized spacial score (nSPS) is 25.4. The first-order valence-electron chi connectivity index (χ1n) is 8.85. The van der Waals surface area contributed by atoms with Gasteiger partial charge in [0.05, 0.1) is 0 Å². The summed E-state index contributed by atoms with van der Waals surface area (Å²) in [7, 11) is 0. The molecule has 2 fully saturated rings. The Balaban J connectivity index is 1.43. The zero-order valence-corrected chi connectivity index (χ0v) is 13.8. The van der Waals surface area contributed by atoms with E-state index in [9.17, 15) is 4.79 Å². The van der Waals surface area contributed by atoms with E-state index in [4.69, 9.17) is 4.74 Å². The molecule has 0 aliphatic carbocycles. The maximum Gasteiger partial charge on any atom is 0.166 e. The highest BCUT2D eigenvalue weighted by Crippen LogP contribution is 2.33. The van der Waals surface area contributed by atoms with Crippen LogP contribution in [0.5, 0.6) is 5.75 Å². The Kier molecular flexibility index (Phi) is 4.35. The van der Waals surface area contributed by atoms with Crippen LogP contribution < -0.4 is 10.1 Å². The SMILES string of the molecule is O=C(c1cccc(OCc2ccccc2)c1)C1CC2CCC(C1)N2. The van der Waals surface area contributed by atoms with Gasteiger partial charge in [0.15, 0.2) is 5.78 Å². The molecule has 2 atom stereocenters. The summed E-state index contributed by atoms with van der Waals surface area (Å²) in [5, 5.41) is 3.60. The van der Waals surface area contributed by atoms with Gasteiger partial charge in [-0.2, -0.15) is 0 Å². The first-order chi connectivity index (χ1) is 11.8. The van der Waals surface area contributed by atoms with Gasteiger partial charge in [-0.1, -0.05) is 42.5 Å². The van der Waals surface area contributed by atoms with Gasteiger partial charge in [-0.3, -0.25) is 4.79 Å². The molecular formula is C21H23NO2. The van der Waals surface area contributed by atoms with Crippen LogP contribution in [-0.2, 0) is 6.61 Å². The van der Waals surface area contributed by atoms with E-state index in [1.165, 1.54) is 12.8 Å². The summed E-state index contributed by atoms with van der Waals surface area (Å²) in [5.41, 5.74) is 1.91. The number of ketones is 1. The number of benzene rings is 2. The number of carbonyl (C=O) groups is 1. The number of rotatable bonds is 5. The van der Waals surface area contributed by atoms with E-state index in [2.05, 4.69) is 5.32 Å². The zero-order valence-electron chi connectivity index (χ0n) is 13.8. The second-order valence-electron chi connectivity index (χ2n) is 6.97. The number of piperidine rings is 1. The Morgan fingerprint density at radius 2 is 1.75 bits per heavy atom. The van der Waals surface area contributed by atoms with Gasteiger partial charge in [0.1, 0.15) is 12.4 Å². The highest BCUT2D eigenvalue weighted by atomic mass is 16.5. The van der Waals surface area contributed by atoms with Gasteiger partial charge in [-0.25, -0.2) is 0 Å². The van der Waals surface area contributed by atoms with Gasteiger partial charge in [-0.15, -0.1) is 0 Å². The Morgan fingerprint density at radius 3 is 2.50 bits per heavy atom. The van der Waals surface area contributed by atoms with E-state index < -0.39 is 0 Å². The number of hydrogen-bond acceptors (Lipinski definition) is 3. The van der Waals surface area contributed by atoms with Gasteiger partial charge in [-0.05, 0) is 43.4 Å². The van der Waals surface area contributed by atoms with Crippen molar-refractivity contribution in [2.75, 3.05) is 0 Å². The fourth-order valence-electron chi connectivity index (χ4n) is 3.99. The summed E-state index contributed by atoms with van der Waals surface area (Å²) in [6.07, 6.45) is 4.39. The van der Waals surface area contributed by atoms with Crippen molar-refractivity contribution < 1.29 is 9.53 Å². The minimum Gasteiger partial charge on any atom is -0.489 e. The van der Waals surface area contributed by atoms with Crippen molar-refractivity contribution in [3.05, 3.63) is 65.7 Å². The molecule has 0 aromatic heterocycles. The van der Waals surface area contributed by atoms with Crippen LogP contribution in [0.25, 0.3) is 0 Å². The van der Waals surface area contributed by atoms with Crippen molar-refractivity contribution in [2.45, 2.75) is 44.4 Å². The fourth-order valence-corrected chi connectivity index (χ4v) is 3.99. The first kappa shape index (κ1) is 15.4. The van der Waals surface area contributed by atoms with Crippen LogP contribution in [-0.4, -0.2) is 17.9 Å². The van der Waals surface area contributed by atoms with Crippen LogP contribution in [0.15, 0.2) is 54.6 Å². The largest absolute Gasteiger partial charge is 0.489 e. The summed E-state index contributed by atoms with van der Waals surface area (Å²) in [5.74, 6) is 1.20. The predicted octanol–water partition coefficient (Wildman–Crippen LogP) is 3.98. The Hall–Kier alpha value is -2.13. The van der Waals surface area contributed by atoms with E-state index in [1.807, 2.05) is 54.6 Å². The molecule has 2 heterocycles. The summed E-state index contributed by atoms with van der Waals surface area (Å²) >= 11 is 0. The van der Waals surface area contributed by atoms with E-state index >= 15 is 0 Å². The lowest BCUT2D eigenvalue weighted by molar-refractivity contribution is 0.0875. The molecule has 2 unspecified atom stereocenters. The van der Waals surface area contributed by atoms with Gasteiger partial charge in [0, 0.05) is 23.6 Å². The van der Waals surface area contributed by atoms with Gasteiger partial charge >= 0.3 is 0 Å². The van der Waals surface area contributed by atoms with Crippen LogP contribution >= 0.6 is 0 Å². The molecule has 0 saturated carbocycles. The molecule has 2 aromatic carbocycles. The van der Waals surface area contributed by atoms with E-state index in [1.54, 1.807) is 0 Å². The van der Waals surface area contributed by atoms with Crippen LogP contribution in [0.1, 0.15) is 41.6 Å². The topological polar surface area (TPSA) is 38.3 Å². The second-order valence-corrected chi connectivity index (χ2v) is 6.97. The summed E-state index contributed by atoms with van der Waals surface area (Å²) in [4.78, 5) is 12.9. The average molecular weight is 321 g/mol. The molecular weight excluding hydrogens is 298 g/mol. The Labute approximate surface area is 143 Å².